The molecule has 1 N–H and O–H groups in total. The van der Waals surface area contributed by atoms with Crippen LogP contribution >= 0.6 is 0 Å². The minimum absolute atomic E-state index is 0.307. The molecule has 3 nitrogen and oxygen atoms in total. The molecule has 1 aromatic carbocycles. The maximum absolute atomic E-state index is 13.4. The number of hydrogen-bond donors (Lipinski definition) is 1. The van der Waals surface area contributed by atoms with E-state index in [4.69, 9.17) is 9.84 Å². The highest BCUT2D eigenvalue weighted by atomic mass is 19.1. The number of ether oxygens (including phenoxy) is 1. The Labute approximate surface area is 120 Å². The Morgan fingerprint density at radius 1 is 1.25 bits per heavy atom. The fraction of sp³-hybridized carbons (Fsp3) is 0.625. The first-order valence-corrected chi connectivity index (χ1v) is 7.39. The van der Waals surface area contributed by atoms with Gasteiger partial charge in [-0.3, -0.25) is 0 Å². The van der Waals surface area contributed by atoms with Gasteiger partial charge in [0.1, 0.15) is 6.61 Å². The number of para-hydroxylation sites is 1. The van der Waals surface area contributed by atoms with Gasteiger partial charge in [-0.05, 0) is 50.8 Å². The van der Waals surface area contributed by atoms with Crippen molar-refractivity contribution in [3.63, 3.8) is 0 Å². The zero-order valence-electron chi connectivity index (χ0n) is 12.1. The van der Waals surface area contributed by atoms with Gasteiger partial charge in [0.15, 0.2) is 11.6 Å². The van der Waals surface area contributed by atoms with Crippen LogP contribution in [-0.4, -0.2) is 42.9 Å². The van der Waals surface area contributed by atoms with Crippen LogP contribution in [0.5, 0.6) is 5.75 Å². The molecule has 0 atom stereocenters. The number of hydrogen-bond acceptors (Lipinski definition) is 3. The van der Waals surface area contributed by atoms with Crippen LogP contribution in [0.1, 0.15) is 25.7 Å². The summed E-state index contributed by atoms with van der Waals surface area (Å²) < 4.78 is 18.9. The number of rotatable bonds is 6. The summed E-state index contributed by atoms with van der Waals surface area (Å²) in [5, 5.41) is 9.14. The van der Waals surface area contributed by atoms with Gasteiger partial charge in [-0.25, -0.2) is 4.39 Å². The Balaban J connectivity index is 1.70. The van der Waals surface area contributed by atoms with Crippen molar-refractivity contribution in [2.75, 3.05) is 26.8 Å². The summed E-state index contributed by atoms with van der Waals surface area (Å²) in [6.07, 6.45) is 4.45. The Bertz CT molecular complexity index is 405. The topological polar surface area (TPSA) is 32.7 Å². The molecule has 0 spiro atoms. The number of aliphatic hydroxyl groups is 1. The molecule has 1 aromatic rings. The first kappa shape index (κ1) is 15.3. The quantitative estimate of drug-likeness (QED) is 0.870. The minimum Gasteiger partial charge on any atom is -0.489 e. The minimum atomic E-state index is -0.307. The molecule has 0 amide bonds. The second-order valence-corrected chi connectivity index (χ2v) is 5.62. The van der Waals surface area contributed by atoms with E-state index in [1.54, 1.807) is 18.2 Å². The van der Waals surface area contributed by atoms with E-state index in [-0.39, 0.29) is 5.82 Å². The summed E-state index contributed by atoms with van der Waals surface area (Å²) in [6, 6.07) is 7.06. The fourth-order valence-electron chi connectivity index (χ4n) is 2.81. The molecule has 1 aliphatic rings. The Morgan fingerprint density at radius 2 is 1.95 bits per heavy atom. The van der Waals surface area contributed by atoms with Gasteiger partial charge in [-0.1, -0.05) is 12.1 Å². The van der Waals surface area contributed by atoms with E-state index in [2.05, 4.69) is 11.9 Å². The van der Waals surface area contributed by atoms with Crippen molar-refractivity contribution < 1.29 is 14.2 Å². The first-order valence-electron chi connectivity index (χ1n) is 7.39. The fourth-order valence-corrected chi connectivity index (χ4v) is 2.81. The van der Waals surface area contributed by atoms with Crippen molar-refractivity contribution in [1.82, 2.24) is 4.90 Å². The molecule has 1 fully saturated rings. The number of aliphatic hydroxyl groups excluding tert-OH is 1. The smallest absolute Gasteiger partial charge is 0.165 e. The van der Waals surface area contributed by atoms with Crippen molar-refractivity contribution in [3.8, 4) is 5.75 Å². The maximum Gasteiger partial charge on any atom is 0.165 e. The van der Waals surface area contributed by atoms with Crippen LogP contribution in [-0.2, 0) is 0 Å². The number of halogens is 1. The Hall–Kier alpha value is -1.13. The van der Waals surface area contributed by atoms with Crippen LogP contribution in [0.15, 0.2) is 24.3 Å². The number of nitrogens with zero attached hydrogens (tertiary/aromatic N) is 1. The van der Waals surface area contributed by atoms with Crippen molar-refractivity contribution in [3.05, 3.63) is 30.1 Å². The lowest BCUT2D eigenvalue weighted by molar-refractivity contribution is 0.116. The highest BCUT2D eigenvalue weighted by molar-refractivity contribution is 5.23. The zero-order chi connectivity index (χ0) is 14.4. The van der Waals surface area contributed by atoms with Crippen molar-refractivity contribution in [2.24, 2.45) is 5.92 Å². The van der Waals surface area contributed by atoms with Crippen LogP contribution in [0, 0.1) is 11.7 Å². The standard InChI is InChI=1S/C16H24FNO2/c1-18(14-8-6-13(12-19)7-9-14)10-11-20-16-5-3-2-4-15(16)17/h2-5,13-14,19H,6-12H2,1H3. The van der Waals surface area contributed by atoms with Gasteiger partial charge in [0.05, 0.1) is 0 Å². The van der Waals surface area contributed by atoms with E-state index in [0.29, 0.717) is 30.9 Å². The molecule has 0 bridgehead atoms. The predicted molar refractivity (Wildman–Crippen MR) is 77.4 cm³/mol. The van der Waals surface area contributed by atoms with E-state index in [0.717, 1.165) is 32.2 Å². The lowest BCUT2D eigenvalue weighted by Crippen LogP contribution is -2.38. The lowest BCUT2D eigenvalue weighted by atomic mass is 9.86. The molecule has 0 aliphatic heterocycles. The summed E-state index contributed by atoms with van der Waals surface area (Å²) in [7, 11) is 2.09. The molecular formula is C16H24FNO2. The molecule has 0 heterocycles. The molecule has 20 heavy (non-hydrogen) atoms. The maximum atomic E-state index is 13.4. The molecule has 112 valence electrons. The monoisotopic (exact) mass is 281 g/mol. The molecule has 0 saturated heterocycles. The van der Waals surface area contributed by atoms with Gasteiger partial charge in [-0.15, -0.1) is 0 Å². The predicted octanol–water partition coefficient (Wildman–Crippen LogP) is 2.69. The Morgan fingerprint density at radius 3 is 2.60 bits per heavy atom. The molecule has 0 radical (unpaired) electrons. The normalized spacial score (nSPS) is 23.0. The van der Waals surface area contributed by atoms with Crippen molar-refractivity contribution in [2.45, 2.75) is 31.7 Å². The highest BCUT2D eigenvalue weighted by Crippen LogP contribution is 2.26. The van der Waals surface area contributed by atoms with Crippen molar-refractivity contribution in [1.29, 1.82) is 0 Å². The van der Waals surface area contributed by atoms with Crippen LogP contribution in [0.4, 0.5) is 4.39 Å². The second-order valence-electron chi connectivity index (χ2n) is 5.62. The summed E-state index contributed by atoms with van der Waals surface area (Å²) in [4.78, 5) is 2.29. The van der Waals surface area contributed by atoms with Gasteiger partial charge in [0.25, 0.3) is 0 Å². The van der Waals surface area contributed by atoms with Crippen LogP contribution in [0.3, 0.4) is 0 Å². The van der Waals surface area contributed by atoms with Crippen molar-refractivity contribution >= 4 is 0 Å². The third-order valence-corrected chi connectivity index (χ3v) is 4.24. The van der Waals surface area contributed by atoms with Gasteiger partial charge in [0.2, 0.25) is 0 Å². The SMILES string of the molecule is CN(CCOc1ccccc1F)C1CCC(CO)CC1. The Kier molecular flexibility index (Phi) is 5.80. The highest BCUT2D eigenvalue weighted by Gasteiger charge is 2.23. The lowest BCUT2D eigenvalue weighted by Gasteiger charge is -2.34. The van der Waals surface area contributed by atoms with Gasteiger partial charge in [0, 0.05) is 19.2 Å². The summed E-state index contributed by atoms with van der Waals surface area (Å²) in [5.41, 5.74) is 0. The van der Waals surface area contributed by atoms with Crippen LogP contribution < -0.4 is 4.74 Å². The van der Waals surface area contributed by atoms with Gasteiger partial charge < -0.3 is 14.7 Å². The zero-order valence-corrected chi connectivity index (χ0v) is 12.1. The summed E-state index contributed by atoms with van der Waals surface area (Å²) >= 11 is 0. The average Bonchev–Trinajstić information content (AvgIpc) is 2.49. The average molecular weight is 281 g/mol. The van der Waals surface area contributed by atoms with E-state index in [1.165, 1.54) is 6.07 Å². The third-order valence-electron chi connectivity index (χ3n) is 4.24. The van der Waals surface area contributed by atoms with Crippen LogP contribution in [0.25, 0.3) is 0 Å². The first-order chi connectivity index (χ1) is 9.70. The largest absolute Gasteiger partial charge is 0.489 e. The molecule has 0 unspecified atom stereocenters. The molecule has 4 heteroatoms. The van der Waals surface area contributed by atoms with E-state index in [1.807, 2.05) is 0 Å². The van der Waals surface area contributed by atoms with Gasteiger partial charge in [-0.2, -0.15) is 0 Å². The molecule has 1 saturated carbocycles. The molecule has 2 rings (SSSR count). The third kappa shape index (κ3) is 4.18. The van der Waals surface area contributed by atoms with E-state index >= 15 is 0 Å². The molecule has 1 aliphatic carbocycles. The molecular weight excluding hydrogens is 257 g/mol. The van der Waals surface area contributed by atoms with E-state index in [9.17, 15) is 4.39 Å². The van der Waals surface area contributed by atoms with E-state index < -0.39 is 0 Å². The van der Waals surface area contributed by atoms with Crippen LogP contribution in [0.2, 0.25) is 0 Å². The number of benzene rings is 1. The summed E-state index contributed by atoms with van der Waals surface area (Å²) in [6.45, 7) is 1.60. The number of likely N-dealkylation sites (N-methyl/N-ethyl adjacent to an activating group) is 1. The summed E-state index contributed by atoms with van der Waals surface area (Å²) in [5.74, 6) is 0.498. The molecule has 0 aromatic heterocycles. The second kappa shape index (κ2) is 7.60. The van der Waals surface area contributed by atoms with Gasteiger partial charge >= 0.3 is 0 Å².